The summed E-state index contributed by atoms with van der Waals surface area (Å²) in [5.74, 6) is 0.865. The molecule has 2 rings (SSSR count). The van der Waals surface area contributed by atoms with Gasteiger partial charge in [-0.1, -0.05) is 19.8 Å². The van der Waals surface area contributed by atoms with Gasteiger partial charge in [0.2, 0.25) is 0 Å². The van der Waals surface area contributed by atoms with Crippen LogP contribution in [0.4, 0.5) is 0 Å². The van der Waals surface area contributed by atoms with E-state index in [4.69, 9.17) is 10.5 Å². The average molecular weight is 197 g/mol. The molecule has 2 aliphatic rings. The van der Waals surface area contributed by atoms with Crippen LogP contribution in [-0.4, -0.2) is 18.2 Å². The van der Waals surface area contributed by atoms with Crippen LogP contribution in [-0.2, 0) is 4.74 Å². The van der Waals surface area contributed by atoms with Crippen molar-refractivity contribution in [3.05, 3.63) is 0 Å². The van der Waals surface area contributed by atoms with Crippen LogP contribution in [0.5, 0.6) is 0 Å². The Bertz CT molecular complexity index is 183. The summed E-state index contributed by atoms with van der Waals surface area (Å²) in [7, 11) is 0. The molecule has 2 aliphatic carbocycles. The molecule has 0 bridgehead atoms. The number of hydrogen-bond donors (Lipinski definition) is 1. The van der Waals surface area contributed by atoms with E-state index in [1.807, 2.05) is 0 Å². The second kappa shape index (κ2) is 4.63. The van der Waals surface area contributed by atoms with Crippen molar-refractivity contribution < 1.29 is 4.74 Å². The smallest absolute Gasteiger partial charge is 0.0594 e. The molecule has 0 amide bonds. The fourth-order valence-corrected chi connectivity index (χ4v) is 2.87. The Balaban J connectivity index is 1.74. The van der Waals surface area contributed by atoms with Crippen molar-refractivity contribution >= 4 is 0 Å². The lowest BCUT2D eigenvalue weighted by molar-refractivity contribution is -0.0354. The van der Waals surface area contributed by atoms with Crippen LogP contribution in [0.15, 0.2) is 0 Å². The van der Waals surface area contributed by atoms with Gasteiger partial charge in [-0.05, 0) is 38.0 Å². The molecule has 2 N–H and O–H groups in total. The van der Waals surface area contributed by atoms with Crippen LogP contribution >= 0.6 is 0 Å². The zero-order valence-electron chi connectivity index (χ0n) is 9.24. The standard InChI is InChI=1S/C12H23NO/c1-9-3-2-4-11(7-9)14-12-6-5-10(13)8-12/h9-12H,2-8,13H2,1H3. The van der Waals surface area contributed by atoms with Gasteiger partial charge in [-0.25, -0.2) is 0 Å². The van der Waals surface area contributed by atoms with E-state index < -0.39 is 0 Å². The van der Waals surface area contributed by atoms with E-state index in [1.54, 1.807) is 0 Å². The molecule has 0 aliphatic heterocycles. The molecule has 4 unspecified atom stereocenters. The van der Waals surface area contributed by atoms with E-state index in [2.05, 4.69) is 6.92 Å². The Hall–Kier alpha value is -0.0800. The van der Waals surface area contributed by atoms with Gasteiger partial charge < -0.3 is 10.5 Å². The van der Waals surface area contributed by atoms with Crippen LogP contribution in [0.3, 0.4) is 0 Å². The minimum atomic E-state index is 0.404. The van der Waals surface area contributed by atoms with Gasteiger partial charge in [0.1, 0.15) is 0 Å². The number of ether oxygens (including phenoxy) is 1. The van der Waals surface area contributed by atoms with Crippen molar-refractivity contribution in [3.63, 3.8) is 0 Å². The molecule has 0 aromatic carbocycles. The van der Waals surface area contributed by atoms with Crippen LogP contribution in [0.1, 0.15) is 51.9 Å². The van der Waals surface area contributed by atoms with E-state index in [0.717, 1.165) is 18.8 Å². The summed E-state index contributed by atoms with van der Waals surface area (Å²) in [5.41, 5.74) is 5.88. The second-order valence-electron chi connectivity index (χ2n) is 5.23. The van der Waals surface area contributed by atoms with Gasteiger partial charge in [0.25, 0.3) is 0 Å². The minimum Gasteiger partial charge on any atom is -0.375 e. The van der Waals surface area contributed by atoms with Crippen LogP contribution in [0.25, 0.3) is 0 Å². The first kappa shape index (κ1) is 10.4. The molecule has 14 heavy (non-hydrogen) atoms. The first-order valence-electron chi connectivity index (χ1n) is 6.15. The van der Waals surface area contributed by atoms with E-state index in [1.165, 1.54) is 32.1 Å². The van der Waals surface area contributed by atoms with Gasteiger partial charge in [-0.15, -0.1) is 0 Å². The largest absolute Gasteiger partial charge is 0.375 e. The lowest BCUT2D eigenvalue weighted by Gasteiger charge is -2.29. The molecule has 4 atom stereocenters. The Morgan fingerprint density at radius 3 is 2.43 bits per heavy atom. The highest BCUT2D eigenvalue weighted by Crippen LogP contribution is 2.30. The molecule has 2 nitrogen and oxygen atoms in total. The zero-order chi connectivity index (χ0) is 9.97. The van der Waals surface area contributed by atoms with Gasteiger partial charge in [-0.3, -0.25) is 0 Å². The molecule has 0 aromatic heterocycles. The molecule has 0 aromatic rings. The summed E-state index contributed by atoms with van der Waals surface area (Å²) >= 11 is 0. The van der Waals surface area contributed by atoms with Gasteiger partial charge in [0, 0.05) is 6.04 Å². The first-order chi connectivity index (χ1) is 6.74. The van der Waals surface area contributed by atoms with Crippen LogP contribution in [0, 0.1) is 5.92 Å². The molecule has 2 saturated carbocycles. The molecule has 0 heterocycles. The third-order valence-corrected chi connectivity index (χ3v) is 3.70. The molecule has 82 valence electrons. The highest BCUT2D eigenvalue weighted by molar-refractivity contribution is 4.80. The number of hydrogen-bond acceptors (Lipinski definition) is 2. The fraction of sp³-hybridized carbons (Fsp3) is 1.00. The van der Waals surface area contributed by atoms with E-state index >= 15 is 0 Å². The second-order valence-corrected chi connectivity index (χ2v) is 5.23. The SMILES string of the molecule is CC1CCCC(OC2CCC(N)C2)C1. The summed E-state index contributed by atoms with van der Waals surface area (Å²) in [6, 6.07) is 0.404. The third-order valence-electron chi connectivity index (χ3n) is 3.70. The lowest BCUT2D eigenvalue weighted by atomic mass is 9.88. The Morgan fingerprint density at radius 1 is 1.00 bits per heavy atom. The normalized spacial score (nSPS) is 44.1. The summed E-state index contributed by atoms with van der Waals surface area (Å²) < 4.78 is 6.11. The van der Waals surface area contributed by atoms with E-state index in [9.17, 15) is 0 Å². The molecular formula is C12H23NO. The number of nitrogens with two attached hydrogens (primary N) is 1. The maximum atomic E-state index is 6.11. The fourth-order valence-electron chi connectivity index (χ4n) is 2.87. The third kappa shape index (κ3) is 2.71. The predicted molar refractivity (Wildman–Crippen MR) is 58.1 cm³/mol. The first-order valence-corrected chi connectivity index (χ1v) is 6.15. The predicted octanol–water partition coefficient (Wildman–Crippen LogP) is 2.46. The maximum absolute atomic E-state index is 6.11. The molecule has 0 spiro atoms. The molecule has 2 heteroatoms. The van der Waals surface area contributed by atoms with Crippen LogP contribution in [0.2, 0.25) is 0 Å². The Morgan fingerprint density at radius 2 is 1.79 bits per heavy atom. The quantitative estimate of drug-likeness (QED) is 0.738. The number of rotatable bonds is 2. The monoisotopic (exact) mass is 197 g/mol. The minimum absolute atomic E-state index is 0.404. The molecule has 2 fully saturated rings. The van der Waals surface area contributed by atoms with Crippen molar-refractivity contribution in [3.8, 4) is 0 Å². The van der Waals surface area contributed by atoms with Crippen molar-refractivity contribution in [1.82, 2.24) is 0 Å². The van der Waals surface area contributed by atoms with Crippen molar-refractivity contribution in [2.75, 3.05) is 0 Å². The molecular weight excluding hydrogens is 174 g/mol. The highest BCUT2D eigenvalue weighted by atomic mass is 16.5. The zero-order valence-corrected chi connectivity index (χ0v) is 9.24. The topological polar surface area (TPSA) is 35.2 Å². The summed E-state index contributed by atoms with van der Waals surface area (Å²) in [5, 5.41) is 0. The van der Waals surface area contributed by atoms with E-state index in [0.29, 0.717) is 18.2 Å². The average Bonchev–Trinajstić information content (AvgIpc) is 2.51. The summed E-state index contributed by atoms with van der Waals surface area (Å²) in [6.45, 7) is 2.34. The lowest BCUT2D eigenvalue weighted by Crippen LogP contribution is -2.26. The van der Waals surface area contributed by atoms with Gasteiger partial charge in [0.15, 0.2) is 0 Å². The Kier molecular flexibility index (Phi) is 3.45. The van der Waals surface area contributed by atoms with Gasteiger partial charge in [0.05, 0.1) is 12.2 Å². The van der Waals surface area contributed by atoms with Crippen LogP contribution < -0.4 is 5.73 Å². The van der Waals surface area contributed by atoms with Crippen molar-refractivity contribution in [1.29, 1.82) is 0 Å². The summed E-state index contributed by atoms with van der Waals surface area (Å²) in [6.07, 6.45) is 9.73. The Labute approximate surface area is 87.2 Å². The molecule has 0 saturated heterocycles. The molecule has 0 radical (unpaired) electrons. The van der Waals surface area contributed by atoms with Crippen molar-refractivity contribution in [2.45, 2.75) is 70.1 Å². The highest BCUT2D eigenvalue weighted by Gasteiger charge is 2.27. The maximum Gasteiger partial charge on any atom is 0.0594 e. The van der Waals surface area contributed by atoms with Gasteiger partial charge in [-0.2, -0.15) is 0 Å². The van der Waals surface area contributed by atoms with Gasteiger partial charge >= 0.3 is 0 Å². The van der Waals surface area contributed by atoms with Crippen molar-refractivity contribution in [2.24, 2.45) is 11.7 Å². The van der Waals surface area contributed by atoms with E-state index in [-0.39, 0.29) is 0 Å². The summed E-state index contributed by atoms with van der Waals surface area (Å²) in [4.78, 5) is 0.